The first-order chi connectivity index (χ1) is 8.54. The molecule has 0 spiro atoms. The van der Waals surface area contributed by atoms with Gasteiger partial charge in [0.1, 0.15) is 0 Å². The van der Waals surface area contributed by atoms with E-state index in [1.54, 1.807) is 7.05 Å². The SMILES string of the molecule is CN(CC(N)=O)C(=O)C(CN)Cc1ccccc1. The molecule has 0 aliphatic carbocycles. The highest BCUT2D eigenvalue weighted by atomic mass is 16.2. The fourth-order valence-electron chi connectivity index (χ4n) is 1.79. The maximum atomic E-state index is 12.1. The Morgan fingerprint density at radius 3 is 2.39 bits per heavy atom. The summed E-state index contributed by atoms with van der Waals surface area (Å²) in [4.78, 5) is 24.2. The minimum absolute atomic E-state index is 0.0792. The average Bonchev–Trinajstić information content (AvgIpc) is 2.35. The molecule has 0 heterocycles. The van der Waals surface area contributed by atoms with Gasteiger partial charge < -0.3 is 16.4 Å². The van der Waals surface area contributed by atoms with Crippen LogP contribution in [0.3, 0.4) is 0 Å². The van der Waals surface area contributed by atoms with E-state index >= 15 is 0 Å². The number of carbonyl (C=O) groups is 2. The average molecular weight is 249 g/mol. The molecule has 2 amide bonds. The Bertz CT molecular complexity index is 406. The van der Waals surface area contributed by atoms with Crippen molar-refractivity contribution in [3.8, 4) is 0 Å². The molecule has 5 heteroatoms. The summed E-state index contributed by atoms with van der Waals surface area (Å²) in [5.74, 6) is -1.00. The van der Waals surface area contributed by atoms with E-state index in [2.05, 4.69) is 0 Å². The number of likely N-dealkylation sites (N-methyl/N-ethyl adjacent to an activating group) is 1. The third-order valence-electron chi connectivity index (χ3n) is 2.73. The summed E-state index contributed by atoms with van der Waals surface area (Å²) in [5, 5.41) is 0. The second kappa shape index (κ2) is 6.76. The van der Waals surface area contributed by atoms with Gasteiger partial charge in [-0.05, 0) is 12.0 Å². The first kappa shape index (κ1) is 14.2. The van der Waals surface area contributed by atoms with Crippen molar-refractivity contribution in [2.75, 3.05) is 20.1 Å². The van der Waals surface area contributed by atoms with Gasteiger partial charge in [0, 0.05) is 13.6 Å². The maximum Gasteiger partial charge on any atom is 0.237 e. The summed E-state index contributed by atoms with van der Waals surface area (Å²) >= 11 is 0. The van der Waals surface area contributed by atoms with Crippen LogP contribution in [0.25, 0.3) is 0 Å². The number of primary amides is 1. The first-order valence-corrected chi connectivity index (χ1v) is 5.82. The van der Waals surface area contributed by atoms with Gasteiger partial charge in [0.2, 0.25) is 11.8 Å². The van der Waals surface area contributed by atoms with Gasteiger partial charge in [-0.2, -0.15) is 0 Å². The van der Waals surface area contributed by atoms with Crippen molar-refractivity contribution in [1.29, 1.82) is 0 Å². The smallest absolute Gasteiger partial charge is 0.237 e. The van der Waals surface area contributed by atoms with E-state index in [-0.39, 0.29) is 24.9 Å². The second-order valence-electron chi connectivity index (χ2n) is 4.28. The van der Waals surface area contributed by atoms with E-state index in [4.69, 9.17) is 11.5 Å². The molecule has 18 heavy (non-hydrogen) atoms. The molecule has 0 fully saturated rings. The van der Waals surface area contributed by atoms with Gasteiger partial charge in [-0.1, -0.05) is 30.3 Å². The van der Waals surface area contributed by atoms with Crippen molar-refractivity contribution in [1.82, 2.24) is 4.90 Å². The van der Waals surface area contributed by atoms with Gasteiger partial charge in [0.15, 0.2) is 0 Å². The number of hydrogen-bond acceptors (Lipinski definition) is 3. The molecule has 0 radical (unpaired) electrons. The van der Waals surface area contributed by atoms with E-state index in [1.807, 2.05) is 30.3 Å². The monoisotopic (exact) mass is 249 g/mol. The van der Waals surface area contributed by atoms with Crippen LogP contribution < -0.4 is 11.5 Å². The summed E-state index contributed by atoms with van der Waals surface area (Å²) in [6.07, 6.45) is 0.569. The van der Waals surface area contributed by atoms with Gasteiger partial charge >= 0.3 is 0 Å². The van der Waals surface area contributed by atoms with Crippen LogP contribution in [0.15, 0.2) is 30.3 Å². The zero-order valence-electron chi connectivity index (χ0n) is 10.5. The van der Waals surface area contributed by atoms with Crippen LogP contribution in [0.4, 0.5) is 0 Å². The molecule has 98 valence electrons. The number of rotatable bonds is 6. The second-order valence-corrected chi connectivity index (χ2v) is 4.28. The summed E-state index contributed by atoms with van der Waals surface area (Å²) < 4.78 is 0. The van der Waals surface area contributed by atoms with Crippen LogP contribution in [0.2, 0.25) is 0 Å². The lowest BCUT2D eigenvalue weighted by Gasteiger charge is -2.21. The molecule has 0 saturated heterocycles. The van der Waals surface area contributed by atoms with E-state index in [1.165, 1.54) is 4.90 Å². The van der Waals surface area contributed by atoms with E-state index in [9.17, 15) is 9.59 Å². The van der Waals surface area contributed by atoms with Crippen LogP contribution in [0, 0.1) is 5.92 Å². The van der Waals surface area contributed by atoms with Gasteiger partial charge in [-0.25, -0.2) is 0 Å². The Morgan fingerprint density at radius 1 is 1.28 bits per heavy atom. The molecule has 1 aromatic carbocycles. The molecule has 0 aliphatic heterocycles. The molecule has 0 aliphatic rings. The zero-order valence-corrected chi connectivity index (χ0v) is 10.5. The van der Waals surface area contributed by atoms with Crippen LogP contribution in [0.5, 0.6) is 0 Å². The van der Waals surface area contributed by atoms with E-state index in [0.29, 0.717) is 6.42 Å². The highest BCUT2D eigenvalue weighted by Crippen LogP contribution is 2.10. The maximum absolute atomic E-state index is 12.1. The van der Waals surface area contributed by atoms with Crippen molar-refractivity contribution in [2.45, 2.75) is 6.42 Å². The van der Waals surface area contributed by atoms with Gasteiger partial charge in [-0.15, -0.1) is 0 Å². The molecule has 4 N–H and O–H groups in total. The third-order valence-corrected chi connectivity index (χ3v) is 2.73. The van der Waals surface area contributed by atoms with Crippen molar-refractivity contribution < 1.29 is 9.59 Å². The highest BCUT2D eigenvalue weighted by molar-refractivity contribution is 5.85. The van der Waals surface area contributed by atoms with E-state index < -0.39 is 5.91 Å². The largest absolute Gasteiger partial charge is 0.368 e. The highest BCUT2D eigenvalue weighted by Gasteiger charge is 2.21. The Kier molecular flexibility index (Phi) is 5.32. The lowest BCUT2D eigenvalue weighted by atomic mass is 9.98. The summed E-state index contributed by atoms with van der Waals surface area (Å²) in [6, 6.07) is 9.65. The number of carbonyl (C=O) groups excluding carboxylic acids is 2. The summed E-state index contributed by atoms with van der Waals surface area (Å²) in [7, 11) is 1.56. The number of nitrogens with zero attached hydrogens (tertiary/aromatic N) is 1. The molecular weight excluding hydrogens is 230 g/mol. The quantitative estimate of drug-likeness (QED) is 0.728. The molecule has 5 nitrogen and oxygen atoms in total. The fraction of sp³-hybridized carbons (Fsp3) is 0.385. The number of amides is 2. The standard InChI is InChI=1S/C13H19N3O2/c1-16(9-12(15)17)13(18)11(8-14)7-10-5-3-2-4-6-10/h2-6,11H,7-9,14H2,1H3,(H2,15,17). The number of nitrogens with two attached hydrogens (primary N) is 2. The Labute approximate surface area is 107 Å². The predicted molar refractivity (Wildman–Crippen MR) is 69.5 cm³/mol. The Balaban J connectivity index is 2.66. The van der Waals surface area contributed by atoms with Gasteiger partial charge in [0.25, 0.3) is 0 Å². The number of benzene rings is 1. The fourth-order valence-corrected chi connectivity index (χ4v) is 1.79. The van der Waals surface area contributed by atoms with Crippen molar-refractivity contribution >= 4 is 11.8 Å². The van der Waals surface area contributed by atoms with Crippen LogP contribution in [-0.4, -0.2) is 36.9 Å². The number of hydrogen-bond donors (Lipinski definition) is 2. The zero-order chi connectivity index (χ0) is 13.5. The molecule has 1 atom stereocenters. The van der Waals surface area contributed by atoms with Gasteiger partial charge in [0.05, 0.1) is 12.5 Å². The van der Waals surface area contributed by atoms with Crippen molar-refractivity contribution in [3.63, 3.8) is 0 Å². The topological polar surface area (TPSA) is 89.4 Å². The van der Waals surface area contributed by atoms with Crippen LogP contribution >= 0.6 is 0 Å². The van der Waals surface area contributed by atoms with Crippen molar-refractivity contribution in [3.05, 3.63) is 35.9 Å². The van der Waals surface area contributed by atoms with Crippen molar-refractivity contribution in [2.24, 2.45) is 17.4 Å². The molecule has 1 unspecified atom stereocenters. The molecule has 0 bridgehead atoms. The van der Waals surface area contributed by atoms with Crippen LogP contribution in [0.1, 0.15) is 5.56 Å². The molecular formula is C13H19N3O2. The Morgan fingerprint density at radius 2 is 1.89 bits per heavy atom. The Hall–Kier alpha value is -1.88. The van der Waals surface area contributed by atoms with Gasteiger partial charge in [-0.3, -0.25) is 9.59 Å². The summed E-state index contributed by atoms with van der Waals surface area (Å²) in [5.41, 5.74) is 11.7. The third kappa shape index (κ3) is 4.18. The molecule has 0 saturated carbocycles. The predicted octanol–water partition coefficient (Wildman–Crippen LogP) is -0.252. The first-order valence-electron chi connectivity index (χ1n) is 5.82. The molecule has 1 aromatic rings. The lowest BCUT2D eigenvalue weighted by molar-refractivity contribution is -0.137. The molecule has 1 rings (SSSR count). The lowest BCUT2D eigenvalue weighted by Crippen LogP contribution is -2.41. The minimum atomic E-state index is -0.527. The summed E-state index contributed by atoms with van der Waals surface area (Å²) in [6.45, 7) is 0.168. The molecule has 0 aromatic heterocycles. The van der Waals surface area contributed by atoms with E-state index in [0.717, 1.165) is 5.56 Å². The minimum Gasteiger partial charge on any atom is -0.368 e. The van der Waals surface area contributed by atoms with Crippen LogP contribution in [-0.2, 0) is 16.0 Å². The normalized spacial score (nSPS) is 11.9.